The largest absolute Gasteiger partial charge is 0.481 e. The minimum absolute atomic E-state index is 0.0506. The smallest absolute Gasteiger partial charge is 0.308 e. The van der Waals surface area contributed by atoms with E-state index in [4.69, 9.17) is 11.6 Å². The highest BCUT2D eigenvalue weighted by atomic mass is 35.5. The first-order valence-electron chi connectivity index (χ1n) is 13.2. The second-order valence-corrected chi connectivity index (χ2v) is 10.1. The van der Waals surface area contributed by atoms with E-state index in [-0.39, 0.29) is 30.1 Å². The zero-order valence-electron chi connectivity index (χ0n) is 22.1. The molecule has 204 valence electrons. The predicted molar refractivity (Wildman–Crippen MR) is 155 cm³/mol. The number of likely N-dealkylation sites (N-methyl/N-ethyl adjacent to an activating group) is 1. The summed E-state index contributed by atoms with van der Waals surface area (Å²) >= 11 is 6.45. The number of nitrogens with one attached hydrogen (secondary N) is 2. The maximum Gasteiger partial charge on any atom is 0.308 e. The summed E-state index contributed by atoms with van der Waals surface area (Å²) in [4.78, 5) is 34.8. The fourth-order valence-electron chi connectivity index (χ4n) is 4.68. The molecule has 0 radical (unpaired) electrons. The number of aliphatic carboxylic acids is 1. The third-order valence-electron chi connectivity index (χ3n) is 6.62. The van der Waals surface area contributed by atoms with Crippen molar-refractivity contribution in [1.29, 1.82) is 0 Å². The molecule has 0 atom stereocenters. The van der Waals surface area contributed by atoms with Crippen LogP contribution in [0.2, 0.25) is 5.15 Å². The highest BCUT2D eigenvalue weighted by molar-refractivity contribution is 6.30. The molecule has 0 saturated heterocycles. The summed E-state index contributed by atoms with van der Waals surface area (Å²) in [5, 5.41) is 15.9. The van der Waals surface area contributed by atoms with Gasteiger partial charge in [0, 0.05) is 37.3 Å². The Kier molecular flexibility index (Phi) is 9.91. The van der Waals surface area contributed by atoms with Gasteiger partial charge in [-0.25, -0.2) is 9.97 Å². The number of nitrogens with zero attached hydrogens (tertiary/aromatic N) is 3. The zero-order chi connectivity index (χ0) is 27.6. The molecule has 1 saturated carbocycles. The van der Waals surface area contributed by atoms with Crippen LogP contribution in [-0.4, -0.2) is 53.1 Å². The lowest BCUT2D eigenvalue weighted by Gasteiger charge is -2.22. The summed E-state index contributed by atoms with van der Waals surface area (Å²) in [6, 6.07) is 18.3. The van der Waals surface area contributed by atoms with Crippen molar-refractivity contribution in [2.45, 2.75) is 44.6 Å². The molecule has 1 heterocycles. The molecule has 8 nitrogen and oxygen atoms in total. The molecule has 39 heavy (non-hydrogen) atoms. The van der Waals surface area contributed by atoms with Gasteiger partial charge in [0.25, 0.3) is 0 Å². The zero-order valence-corrected chi connectivity index (χ0v) is 22.8. The summed E-state index contributed by atoms with van der Waals surface area (Å²) < 4.78 is 0. The Morgan fingerprint density at radius 3 is 2.49 bits per heavy atom. The van der Waals surface area contributed by atoms with E-state index < -0.39 is 5.97 Å². The van der Waals surface area contributed by atoms with Gasteiger partial charge in [-0.2, -0.15) is 0 Å². The molecule has 0 bridgehead atoms. The van der Waals surface area contributed by atoms with Crippen molar-refractivity contribution in [3.8, 4) is 0 Å². The number of benzene rings is 2. The molecule has 4 rings (SSSR count). The third-order valence-corrected chi connectivity index (χ3v) is 6.93. The van der Waals surface area contributed by atoms with Crippen molar-refractivity contribution >= 4 is 41.1 Å². The van der Waals surface area contributed by atoms with Crippen molar-refractivity contribution in [3.05, 3.63) is 88.3 Å². The van der Waals surface area contributed by atoms with Crippen LogP contribution in [0.5, 0.6) is 0 Å². The van der Waals surface area contributed by atoms with E-state index in [9.17, 15) is 14.7 Å². The Hall–Kier alpha value is -3.91. The number of carboxylic acid groups (broad SMARTS) is 1. The van der Waals surface area contributed by atoms with Gasteiger partial charge < -0.3 is 20.6 Å². The second-order valence-electron chi connectivity index (χ2n) is 9.78. The lowest BCUT2D eigenvalue weighted by molar-refractivity contribution is -0.136. The summed E-state index contributed by atoms with van der Waals surface area (Å²) in [7, 11) is 1.72. The van der Waals surface area contributed by atoms with Gasteiger partial charge >= 0.3 is 5.97 Å². The van der Waals surface area contributed by atoms with E-state index in [0.717, 1.165) is 42.5 Å². The number of aromatic nitrogens is 2. The molecule has 3 N–H and O–H groups in total. The highest BCUT2D eigenvalue weighted by Gasteiger charge is 2.22. The van der Waals surface area contributed by atoms with Gasteiger partial charge in [0.1, 0.15) is 16.8 Å². The number of carboxylic acids is 1. The van der Waals surface area contributed by atoms with Gasteiger partial charge in [-0.05, 0) is 36.1 Å². The summed E-state index contributed by atoms with van der Waals surface area (Å²) in [6.45, 7) is 0.747. The number of hydrogen-bond acceptors (Lipinski definition) is 6. The summed E-state index contributed by atoms with van der Waals surface area (Å²) in [5.41, 5.74) is 3.42. The van der Waals surface area contributed by atoms with E-state index in [2.05, 4.69) is 44.9 Å². The molecule has 2 aromatic carbocycles. The van der Waals surface area contributed by atoms with Crippen molar-refractivity contribution in [2.75, 3.05) is 30.4 Å². The van der Waals surface area contributed by atoms with E-state index in [1.165, 1.54) is 0 Å². The topological polar surface area (TPSA) is 107 Å². The summed E-state index contributed by atoms with van der Waals surface area (Å²) in [5.74, 6) is -0.347. The molecular weight excluding hydrogens is 514 g/mol. The van der Waals surface area contributed by atoms with Crippen molar-refractivity contribution in [3.63, 3.8) is 0 Å². The summed E-state index contributed by atoms with van der Waals surface area (Å²) in [6.07, 6.45) is 8.45. The number of carbonyl (C=O) groups is 2. The number of carbonyl (C=O) groups excluding carboxylic acids is 1. The Labute approximate surface area is 234 Å². The van der Waals surface area contributed by atoms with Crippen LogP contribution in [0, 0.1) is 0 Å². The van der Waals surface area contributed by atoms with Crippen molar-refractivity contribution in [1.82, 2.24) is 15.3 Å². The number of halogens is 1. The second kappa shape index (κ2) is 13.8. The van der Waals surface area contributed by atoms with Gasteiger partial charge in [0.05, 0.1) is 13.0 Å². The van der Waals surface area contributed by atoms with Crippen molar-refractivity contribution < 1.29 is 14.7 Å². The van der Waals surface area contributed by atoms with E-state index in [1.54, 1.807) is 11.9 Å². The van der Waals surface area contributed by atoms with Crippen molar-refractivity contribution in [2.24, 2.45) is 0 Å². The van der Waals surface area contributed by atoms with Crippen LogP contribution in [0.25, 0.3) is 6.08 Å². The SMILES string of the molecule is CN(CC(=O)NC1CCCC1)c1nc(Cc2ccc(NC/C=C/c3ccccc3)cc2)nc(Cl)c1CC(=O)O. The lowest BCUT2D eigenvalue weighted by atomic mass is 10.1. The van der Waals surface area contributed by atoms with E-state index >= 15 is 0 Å². The predicted octanol–water partition coefficient (Wildman–Crippen LogP) is 4.97. The fourth-order valence-corrected chi connectivity index (χ4v) is 4.93. The first-order chi connectivity index (χ1) is 18.9. The molecule has 9 heteroatoms. The average Bonchev–Trinajstić information content (AvgIpc) is 3.42. The van der Waals surface area contributed by atoms with E-state index in [0.29, 0.717) is 30.2 Å². The van der Waals surface area contributed by atoms with Gasteiger partial charge in [-0.1, -0.05) is 79.1 Å². The Balaban J connectivity index is 1.41. The molecular formula is C30H34ClN5O3. The molecule has 1 amide bonds. The Morgan fingerprint density at radius 2 is 1.79 bits per heavy atom. The van der Waals surface area contributed by atoms with Crippen LogP contribution < -0.4 is 15.5 Å². The monoisotopic (exact) mass is 547 g/mol. The number of hydrogen-bond donors (Lipinski definition) is 3. The van der Waals surface area contributed by atoms with Gasteiger partial charge in [-0.15, -0.1) is 0 Å². The van der Waals surface area contributed by atoms with Crippen LogP contribution in [-0.2, 0) is 22.4 Å². The minimum atomic E-state index is -1.04. The molecule has 1 aromatic heterocycles. The maximum absolute atomic E-state index is 12.6. The average molecular weight is 548 g/mol. The number of rotatable bonds is 12. The van der Waals surface area contributed by atoms with E-state index in [1.807, 2.05) is 42.5 Å². The first-order valence-corrected chi connectivity index (χ1v) is 13.6. The first kappa shape index (κ1) is 28.1. The normalized spacial score (nSPS) is 13.5. The number of amides is 1. The minimum Gasteiger partial charge on any atom is -0.481 e. The van der Waals surface area contributed by atoms with Crippen LogP contribution >= 0.6 is 11.6 Å². The van der Waals surface area contributed by atoms with Gasteiger partial charge in [0.2, 0.25) is 5.91 Å². The quantitative estimate of drug-likeness (QED) is 0.275. The Bertz CT molecular complexity index is 1290. The molecule has 1 aliphatic rings. The maximum atomic E-state index is 12.6. The van der Waals surface area contributed by atoms with Gasteiger partial charge in [0.15, 0.2) is 0 Å². The fraction of sp³-hybridized carbons (Fsp3) is 0.333. The molecule has 0 spiro atoms. The molecule has 0 aliphatic heterocycles. The Morgan fingerprint density at radius 1 is 1.08 bits per heavy atom. The number of anilines is 2. The molecule has 0 unspecified atom stereocenters. The van der Waals surface area contributed by atoms with Crippen LogP contribution in [0.15, 0.2) is 60.7 Å². The third kappa shape index (κ3) is 8.55. The van der Waals surface area contributed by atoms with Crippen LogP contribution in [0.1, 0.15) is 48.2 Å². The molecule has 1 fully saturated rings. The van der Waals surface area contributed by atoms with Crippen LogP contribution in [0.4, 0.5) is 11.5 Å². The molecule has 3 aromatic rings. The van der Waals surface area contributed by atoms with Crippen LogP contribution in [0.3, 0.4) is 0 Å². The molecule has 1 aliphatic carbocycles. The highest BCUT2D eigenvalue weighted by Crippen LogP contribution is 2.26. The lowest BCUT2D eigenvalue weighted by Crippen LogP contribution is -2.40. The van der Waals surface area contributed by atoms with Gasteiger partial charge in [-0.3, -0.25) is 9.59 Å². The standard InChI is InChI=1S/C30H34ClN5O3/c1-36(20-27(37)33-24-11-5-6-12-24)30-25(19-28(38)39)29(31)34-26(35-30)18-22-13-15-23(16-14-22)32-17-7-10-21-8-3-2-4-9-21/h2-4,7-10,13-16,24,32H,5-6,11-12,17-20H2,1H3,(H,33,37)(H,38,39)/b10-7+.